The van der Waals surface area contributed by atoms with E-state index in [0.717, 1.165) is 19.8 Å². The van der Waals surface area contributed by atoms with Gasteiger partial charge < -0.3 is 9.47 Å². The summed E-state index contributed by atoms with van der Waals surface area (Å²) in [4.78, 5) is 0. The molecule has 1 radical (unpaired) electrons. The maximum atomic E-state index is 5.75. The van der Waals surface area contributed by atoms with Crippen molar-refractivity contribution in [1.29, 1.82) is 0 Å². The minimum Gasteiger partial charge on any atom is -0.376 e. The zero-order chi connectivity index (χ0) is 9.64. The topological polar surface area (TPSA) is 18.5 Å². The molecule has 1 atom stereocenters. The van der Waals surface area contributed by atoms with Crippen LogP contribution in [0.25, 0.3) is 0 Å². The van der Waals surface area contributed by atoms with Gasteiger partial charge in [-0.25, -0.2) is 0 Å². The summed E-state index contributed by atoms with van der Waals surface area (Å²) in [6.07, 6.45) is 9.80. The van der Waals surface area contributed by atoms with Crippen molar-refractivity contribution in [2.45, 2.75) is 51.0 Å². The molecule has 1 saturated heterocycles. The highest BCUT2D eigenvalue weighted by Gasteiger charge is 2.25. The van der Waals surface area contributed by atoms with Crippen LogP contribution in [0.2, 0.25) is 0 Å². The molecule has 1 unspecified atom stereocenters. The molecule has 0 amide bonds. The van der Waals surface area contributed by atoms with E-state index in [9.17, 15) is 0 Å². The molecule has 0 aromatic rings. The third-order valence-electron chi connectivity index (χ3n) is 3.27. The van der Waals surface area contributed by atoms with Gasteiger partial charge in [-0.2, -0.15) is 0 Å². The lowest BCUT2D eigenvalue weighted by atomic mass is 9.87. The highest BCUT2D eigenvalue weighted by Crippen LogP contribution is 2.29. The number of rotatable bonds is 1. The van der Waals surface area contributed by atoms with Crippen molar-refractivity contribution in [2.24, 2.45) is 0 Å². The van der Waals surface area contributed by atoms with Gasteiger partial charge in [-0.1, -0.05) is 32.1 Å². The lowest BCUT2D eigenvalue weighted by molar-refractivity contribution is -0.0843. The van der Waals surface area contributed by atoms with Crippen LogP contribution < -0.4 is 0 Å². The summed E-state index contributed by atoms with van der Waals surface area (Å²) in [5.41, 5.74) is 0. The molecule has 2 nitrogen and oxygen atoms in total. The molecule has 2 heteroatoms. The minimum atomic E-state index is 0.321. The fourth-order valence-electron chi connectivity index (χ4n) is 2.40. The Hall–Kier alpha value is -0.0800. The summed E-state index contributed by atoms with van der Waals surface area (Å²) < 4.78 is 11.2. The van der Waals surface area contributed by atoms with Crippen LogP contribution in [-0.4, -0.2) is 25.9 Å². The Bertz CT molecular complexity index is 144. The second kappa shape index (κ2) is 5.72. The molecule has 2 rings (SSSR count). The van der Waals surface area contributed by atoms with Crippen LogP contribution in [-0.2, 0) is 9.47 Å². The highest BCUT2D eigenvalue weighted by molar-refractivity contribution is 4.99. The van der Waals surface area contributed by atoms with Gasteiger partial charge in [-0.05, 0) is 12.8 Å². The molecule has 1 heterocycles. The monoisotopic (exact) mass is 197 g/mol. The van der Waals surface area contributed by atoms with Gasteiger partial charge in [-0.15, -0.1) is 0 Å². The smallest absolute Gasteiger partial charge is 0.0871 e. The van der Waals surface area contributed by atoms with Crippen molar-refractivity contribution >= 4 is 0 Å². The SMILES string of the molecule is C1CCC[C](C2COCCO2)CCC1. The number of ether oxygens (including phenoxy) is 2. The van der Waals surface area contributed by atoms with Crippen molar-refractivity contribution in [2.75, 3.05) is 19.8 Å². The largest absolute Gasteiger partial charge is 0.376 e. The van der Waals surface area contributed by atoms with E-state index in [2.05, 4.69) is 0 Å². The van der Waals surface area contributed by atoms with Crippen LogP contribution >= 0.6 is 0 Å². The lowest BCUT2D eigenvalue weighted by Crippen LogP contribution is -2.34. The zero-order valence-corrected chi connectivity index (χ0v) is 8.96. The van der Waals surface area contributed by atoms with Gasteiger partial charge >= 0.3 is 0 Å². The number of hydrogen-bond donors (Lipinski definition) is 0. The van der Waals surface area contributed by atoms with E-state index in [0.29, 0.717) is 6.10 Å². The molecular weight excluding hydrogens is 176 g/mol. The first-order chi connectivity index (χ1) is 6.97. The summed E-state index contributed by atoms with van der Waals surface area (Å²) >= 11 is 0. The predicted octanol–water partition coefficient (Wildman–Crippen LogP) is 2.72. The van der Waals surface area contributed by atoms with Gasteiger partial charge in [0.25, 0.3) is 0 Å². The Kier molecular flexibility index (Phi) is 4.26. The Morgan fingerprint density at radius 1 is 0.857 bits per heavy atom. The standard InChI is InChI=1S/C12H21O2/c1-2-4-6-11(7-5-3-1)12-10-13-8-9-14-12/h12H,1-10H2. The molecule has 0 N–H and O–H groups in total. The van der Waals surface area contributed by atoms with Gasteiger partial charge in [0.2, 0.25) is 0 Å². The first-order valence-corrected chi connectivity index (χ1v) is 6.01. The molecule has 1 saturated carbocycles. The molecule has 0 bridgehead atoms. The Morgan fingerprint density at radius 3 is 2.21 bits per heavy atom. The molecule has 2 fully saturated rings. The van der Waals surface area contributed by atoms with Crippen LogP contribution in [0.3, 0.4) is 0 Å². The maximum Gasteiger partial charge on any atom is 0.0871 e. The van der Waals surface area contributed by atoms with E-state index in [4.69, 9.17) is 9.47 Å². The van der Waals surface area contributed by atoms with Crippen molar-refractivity contribution < 1.29 is 9.47 Å². The van der Waals surface area contributed by atoms with Gasteiger partial charge in [-0.3, -0.25) is 0 Å². The fourth-order valence-corrected chi connectivity index (χ4v) is 2.40. The molecule has 0 aromatic carbocycles. The van der Waals surface area contributed by atoms with E-state index < -0.39 is 0 Å². The average Bonchev–Trinajstić information content (AvgIpc) is 2.18. The van der Waals surface area contributed by atoms with Gasteiger partial charge in [0, 0.05) is 5.92 Å². The van der Waals surface area contributed by atoms with Crippen LogP contribution in [0.4, 0.5) is 0 Å². The fraction of sp³-hybridized carbons (Fsp3) is 0.917. The Balaban J connectivity index is 1.80. The molecule has 0 aromatic heterocycles. The van der Waals surface area contributed by atoms with Gasteiger partial charge in [0.15, 0.2) is 0 Å². The van der Waals surface area contributed by atoms with Crippen LogP contribution in [0.15, 0.2) is 0 Å². The van der Waals surface area contributed by atoms with Crippen molar-refractivity contribution in [1.82, 2.24) is 0 Å². The molecule has 0 spiro atoms. The normalized spacial score (nSPS) is 32.1. The third kappa shape index (κ3) is 2.96. The molecular formula is C12H21O2. The van der Waals surface area contributed by atoms with Crippen molar-refractivity contribution in [3.05, 3.63) is 5.92 Å². The molecule has 14 heavy (non-hydrogen) atoms. The van der Waals surface area contributed by atoms with Gasteiger partial charge in [0.1, 0.15) is 0 Å². The second-order valence-electron chi connectivity index (χ2n) is 4.36. The molecule has 1 aliphatic heterocycles. The van der Waals surface area contributed by atoms with Crippen molar-refractivity contribution in [3.63, 3.8) is 0 Å². The second-order valence-corrected chi connectivity index (χ2v) is 4.36. The first kappa shape index (κ1) is 10.4. The molecule has 1 aliphatic carbocycles. The predicted molar refractivity (Wildman–Crippen MR) is 56.1 cm³/mol. The lowest BCUT2D eigenvalue weighted by Gasteiger charge is -2.31. The van der Waals surface area contributed by atoms with Crippen molar-refractivity contribution in [3.8, 4) is 0 Å². The summed E-state index contributed by atoms with van der Waals surface area (Å²) in [5.74, 6) is 1.62. The van der Waals surface area contributed by atoms with E-state index >= 15 is 0 Å². The van der Waals surface area contributed by atoms with E-state index in [1.165, 1.54) is 44.9 Å². The summed E-state index contributed by atoms with van der Waals surface area (Å²) in [7, 11) is 0. The Morgan fingerprint density at radius 2 is 1.57 bits per heavy atom. The Labute approximate surface area is 87.0 Å². The van der Waals surface area contributed by atoms with Crippen LogP contribution in [0.1, 0.15) is 44.9 Å². The average molecular weight is 197 g/mol. The van der Waals surface area contributed by atoms with E-state index in [1.807, 2.05) is 0 Å². The third-order valence-corrected chi connectivity index (χ3v) is 3.27. The number of hydrogen-bond acceptors (Lipinski definition) is 2. The highest BCUT2D eigenvalue weighted by atomic mass is 16.6. The first-order valence-electron chi connectivity index (χ1n) is 6.01. The summed E-state index contributed by atoms with van der Waals surface area (Å²) in [6.45, 7) is 2.37. The van der Waals surface area contributed by atoms with E-state index in [-0.39, 0.29) is 0 Å². The van der Waals surface area contributed by atoms with Gasteiger partial charge in [0.05, 0.1) is 25.9 Å². The van der Waals surface area contributed by atoms with Crippen LogP contribution in [0, 0.1) is 5.92 Å². The summed E-state index contributed by atoms with van der Waals surface area (Å²) in [6, 6.07) is 0. The zero-order valence-electron chi connectivity index (χ0n) is 8.96. The maximum absolute atomic E-state index is 5.75. The minimum absolute atomic E-state index is 0.321. The molecule has 81 valence electrons. The summed E-state index contributed by atoms with van der Waals surface area (Å²) in [5, 5.41) is 0. The van der Waals surface area contributed by atoms with Crippen LogP contribution in [0.5, 0.6) is 0 Å². The molecule has 2 aliphatic rings. The quantitative estimate of drug-likeness (QED) is 0.643. The van der Waals surface area contributed by atoms with E-state index in [1.54, 1.807) is 5.92 Å².